The predicted octanol–water partition coefficient (Wildman–Crippen LogP) is 4.18. The summed E-state index contributed by atoms with van der Waals surface area (Å²) in [7, 11) is 0. The number of aryl methyl sites for hydroxylation is 1. The fourth-order valence-corrected chi connectivity index (χ4v) is 3.13. The molecule has 0 aliphatic carbocycles. The molecular formula is C19H21ClN2O2S. The lowest BCUT2D eigenvalue weighted by Crippen LogP contribution is -2.47. The van der Waals surface area contributed by atoms with Crippen LogP contribution in [-0.2, 0) is 4.79 Å². The number of carbonyl (C=O) groups is 1. The van der Waals surface area contributed by atoms with Crippen LogP contribution < -0.4 is 10.1 Å². The molecule has 132 valence electrons. The van der Waals surface area contributed by atoms with Crippen LogP contribution in [0.25, 0.3) is 10.9 Å². The second-order valence-corrected chi connectivity index (χ2v) is 7.48. The summed E-state index contributed by atoms with van der Waals surface area (Å²) >= 11 is 7.35. The lowest BCUT2D eigenvalue weighted by molar-refractivity contribution is -0.125. The van der Waals surface area contributed by atoms with E-state index >= 15 is 0 Å². The number of pyridine rings is 1. The first-order valence-electron chi connectivity index (χ1n) is 7.77. The van der Waals surface area contributed by atoms with Crippen molar-refractivity contribution in [3.05, 3.63) is 35.0 Å². The Labute approximate surface area is 157 Å². The van der Waals surface area contributed by atoms with Crippen LogP contribution in [0.4, 0.5) is 0 Å². The van der Waals surface area contributed by atoms with E-state index < -0.39 is 11.0 Å². The van der Waals surface area contributed by atoms with E-state index in [0.717, 1.165) is 16.5 Å². The number of hydrogen-bond donors (Lipinski definition) is 1. The standard InChI is InChI=1S/C19H21ClN2O2S/c1-6-7-19(3,4)22-17(23)18(25-5)24-15-8-12(2)16-13(10-15)9-14(20)11-21-16/h8-11,18H,1-5H3,(H,22,23). The Hall–Kier alpha value is -1.90. The fourth-order valence-electron chi connectivity index (χ4n) is 2.48. The topological polar surface area (TPSA) is 51.2 Å². The minimum atomic E-state index is -0.679. The van der Waals surface area contributed by atoms with Crippen LogP contribution in [0, 0.1) is 18.8 Å². The van der Waals surface area contributed by atoms with Crippen molar-refractivity contribution in [1.29, 1.82) is 0 Å². The molecule has 0 bridgehead atoms. The number of nitrogens with one attached hydrogen (secondary N) is 1. The van der Waals surface area contributed by atoms with Crippen molar-refractivity contribution < 1.29 is 9.53 Å². The Bertz CT molecular complexity index is 856. The van der Waals surface area contributed by atoms with Gasteiger partial charge in [-0.1, -0.05) is 17.5 Å². The van der Waals surface area contributed by atoms with E-state index in [2.05, 4.69) is 22.1 Å². The average molecular weight is 377 g/mol. The quantitative estimate of drug-likeness (QED) is 0.628. The summed E-state index contributed by atoms with van der Waals surface area (Å²) in [4.78, 5) is 16.9. The molecule has 0 radical (unpaired) electrons. The van der Waals surface area contributed by atoms with Crippen LogP contribution in [0.5, 0.6) is 5.75 Å². The molecule has 0 aliphatic heterocycles. The number of nitrogens with zero attached hydrogens (tertiary/aromatic N) is 1. The lowest BCUT2D eigenvalue weighted by atomic mass is 10.1. The van der Waals surface area contributed by atoms with Gasteiger partial charge < -0.3 is 10.1 Å². The smallest absolute Gasteiger partial charge is 0.272 e. The zero-order valence-electron chi connectivity index (χ0n) is 14.9. The summed E-state index contributed by atoms with van der Waals surface area (Å²) in [6.45, 7) is 7.40. The van der Waals surface area contributed by atoms with Gasteiger partial charge in [-0.2, -0.15) is 0 Å². The molecule has 1 aromatic heterocycles. The maximum absolute atomic E-state index is 12.5. The van der Waals surface area contributed by atoms with Gasteiger partial charge in [-0.25, -0.2) is 0 Å². The number of benzene rings is 1. The van der Waals surface area contributed by atoms with Crippen LogP contribution in [0.1, 0.15) is 26.3 Å². The van der Waals surface area contributed by atoms with E-state index in [4.69, 9.17) is 16.3 Å². The summed E-state index contributed by atoms with van der Waals surface area (Å²) in [6, 6.07) is 5.54. The highest BCUT2D eigenvalue weighted by molar-refractivity contribution is 7.99. The first kappa shape index (κ1) is 19.4. The van der Waals surface area contributed by atoms with Gasteiger partial charge in [0.15, 0.2) is 0 Å². The summed E-state index contributed by atoms with van der Waals surface area (Å²) in [5.41, 5.74) is 0.532. The number of carbonyl (C=O) groups excluding carboxylic acids is 1. The van der Waals surface area contributed by atoms with Gasteiger partial charge in [-0.3, -0.25) is 9.78 Å². The molecule has 0 saturated carbocycles. The van der Waals surface area contributed by atoms with Gasteiger partial charge in [0.2, 0.25) is 5.44 Å². The number of rotatable bonds is 5. The second-order valence-electron chi connectivity index (χ2n) is 6.14. The van der Waals surface area contributed by atoms with E-state index in [9.17, 15) is 4.79 Å². The van der Waals surface area contributed by atoms with Crippen molar-refractivity contribution in [2.75, 3.05) is 6.26 Å². The maximum atomic E-state index is 12.5. The molecule has 1 unspecified atom stereocenters. The zero-order valence-corrected chi connectivity index (χ0v) is 16.5. The highest BCUT2D eigenvalue weighted by Crippen LogP contribution is 2.27. The van der Waals surface area contributed by atoms with Crippen molar-refractivity contribution >= 4 is 40.2 Å². The third kappa shape index (κ3) is 5.04. The Morgan fingerprint density at radius 3 is 2.76 bits per heavy atom. The van der Waals surface area contributed by atoms with Crippen molar-refractivity contribution in [3.63, 3.8) is 0 Å². The van der Waals surface area contributed by atoms with Gasteiger partial charge in [0, 0.05) is 11.6 Å². The molecule has 0 aliphatic rings. The molecule has 1 N–H and O–H groups in total. The molecule has 2 aromatic rings. The number of halogens is 1. The van der Waals surface area contributed by atoms with Gasteiger partial charge in [-0.15, -0.1) is 17.7 Å². The number of aromatic nitrogens is 1. The van der Waals surface area contributed by atoms with E-state index in [1.807, 2.05) is 45.2 Å². The van der Waals surface area contributed by atoms with Crippen LogP contribution >= 0.6 is 23.4 Å². The summed E-state index contributed by atoms with van der Waals surface area (Å²) in [5.74, 6) is 6.17. The van der Waals surface area contributed by atoms with E-state index in [0.29, 0.717) is 10.8 Å². The summed E-state index contributed by atoms with van der Waals surface area (Å²) in [5, 5.41) is 4.33. The van der Waals surface area contributed by atoms with Crippen LogP contribution in [0.2, 0.25) is 5.02 Å². The number of ether oxygens (including phenoxy) is 1. The number of amides is 1. The minimum Gasteiger partial charge on any atom is -0.470 e. The summed E-state index contributed by atoms with van der Waals surface area (Å²) in [6.07, 6.45) is 3.45. The summed E-state index contributed by atoms with van der Waals surface area (Å²) < 4.78 is 5.91. The van der Waals surface area contributed by atoms with Gasteiger partial charge in [0.25, 0.3) is 5.91 Å². The Kier molecular flexibility index (Phi) is 6.21. The maximum Gasteiger partial charge on any atom is 0.272 e. The molecular weight excluding hydrogens is 356 g/mol. The second kappa shape index (κ2) is 7.99. The number of thioether (sulfide) groups is 1. The van der Waals surface area contributed by atoms with Crippen LogP contribution in [0.15, 0.2) is 24.4 Å². The van der Waals surface area contributed by atoms with Gasteiger partial charge in [-0.05, 0) is 57.7 Å². The Balaban J connectivity index is 2.24. The van der Waals surface area contributed by atoms with Gasteiger partial charge in [0.05, 0.1) is 16.1 Å². The van der Waals surface area contributed by atoms with E-state index in [1.54, 1.807) is 13.1 Å². The molecule has 1 amide bonds. The van der Waals surface area contributed by atoms with Crippen molar-refractivity contribution in [2.45, 2.75) is 38.7 Å². The minimum absolute atomic E-state index is 0.220. The predicted molar refractivity (Wildman–Crippen MR) is 105 cm³/mol. The Morgan fingerprint density at radius 2 is 2.12 bits per heavy atom. The van der Waals surface area contributed by atoms with Gasteiger partial charge >= 0.3 is 0 Å². The highest BCUT2D eigenvalue weighted by atomic mass is 35.5. The number of hydrogen-bond acceptors (Lipinski definition) is 4. The highest BCUT2D eigenvalue weighted by Gasteiger charge is 2.25. The van der Waals surface area contributed by atoms with Crippen molar-refractivity contribution in [2.24, 2.45) is 0 Å². The molecule has 4 nitrogen and oxygen atoms in total. The first-order chi connectivity index (χ1) is 11.8. The van der Waals surface area contributed by atoms with Crippen molar-refractivity contribution in [1.82, 2.24) is 10.3 Å². The molecule has 1 aromatic carbocycles. The Morgan fingerprint density at radius 1 is 1.40 bits per heavy atom. The SMILES string of the molecule is CC#CC(C)(C)NC(=O)C(Oc1cc(C)c2ncc(Cl)cc2c1)SC. The first-order valence-corrected chi connectivity index (χ1v) is 9.43. The van der Waals surface area contributed by atoms with E-state index in [1.165, 1.54) is 11.8 Å². The molecule has 0 saturated heterocycles. The fraction of sp³-hybridized carbons (Fsp3) is 0.368. The molecule has 25 heavy (non-hydrogen) atoms. The molecule has 6 heteroatoms. The largest absolute Gasteiger partial charge is 0.470 e. The monoisotopic (exact) mass is 376 g/mol. The molecule has 1 heterocycles. The zero-order chi connectivity index (χ0) is 18.6. The lowest BCUT2D eigenvalue weighted by Gasteiger charge is -2.24. The van der Waals surface area contributed by atoms with Crippen molar-refractivity contribution in [3.8, 4) is 17.6 Å². The molecule has 2 rings (SSSR count). The third-order valence-corrected chi connectivity index (χ3v) is 4.40. The molecule has 0 fully saturated rings. The van der Waals surface area contributed by atoms with Gasteiger partial charge in [0.1, 0.15) is 5.75 Å². The molecule has 1 atom stereocenters. The third-order valence-electron chi connectivity index (χ3n) is 3.46. The van der Waals surface area contributed by atoms with E-state index in [-0.39, 0.29) is 5.91 Å². The normalized spacial score (nSPS) is 12.2. The van der Waals surface area contributed by atoms with Crippen LogP contribution in [0.3, 0.4) is 0 Å². The number of fused-ring (bicyclic) bond motifs is 1. The average Bonchev–Trinajstić information content (AvgIpc) is 2.51. The van der Waals surface area contributed by atoms with Crippen LogP contribution in [-0.4, -0.2) is 28.1 Å². The molecule has 0 spiro atoms.